The molecule has 2 N–H and O–H groups in total. The monoisotopic (exact) mass is 383 g/mol. The minimum absolute atomic E-state index is 0.458. The van der Waals surface area contributed by atoms with Gasteiger partial charge in [-0.25, -0.2) is 0 Å². The molecular formula is C19H18ClN5O2. The van der Waals surface area contributed by atoms with Crippen LogP contribution in [-0.4, -0.2) is 34.9 Å². The zero-order valence-electron chi connectivity index (χ0n) is 14.5. The molecule has 0 atom stereocenters. The fourth-order valence-corrected chi connectivity index (χ4v) is 2.93. The Hall–Kier alpha value is -3.06. The zero-order valence-corrected chi connectivity index (χ0v) is 15.2. The van der Waals surface area contributed by atoms with E-state index in [0.29, 0.717) is 37.3 Å². The maximum atomic E-state index is 6.00. The van der Waals surface area contributed by atoms with E-state index in [1.54, 1.807) is 6.20 Å². The van der Waals surface area contributed by atoms with E-state index < -0.39 is 0 Å². The predicted molar refractivity (Wildman–Crippen MR) is 104 cm³/mol. The van der Waals surface area contributed by atoms with E-state index in [2.05, 4.69) is 25.8 Å². The first-order chi connectivity index (χ1) is 13.3. The Bertz CT molecular complexity index is 937. The molecular weight excluding hydrogens is 366 g/mol. The number of rotatable bonds is 6. The second-order valence-corrected chi connectivity index (χ2v) is 6.39. The van der Waals surface area contributed by atoms with E-state index in [4.69, 9.17) is 21.1 Å². The molecule has 0 bridgehead atoms. The highest BCUT2D eigenvalue weighted by atomic mass is 35.5. The second-order valence-electron chi connectivity index (χ2n) is 5.96. The van der Waals surface area contributed by atoms with Gasteiger partial charge in [0.05, 0.1) is 6.20 Å². The minimum Gasteiger partial charge on any atom is -0.486 e. The van der Waals surface area contributed by atoms with Crippen molar-refractivity contribution in [3.05, 3.63) is 59.2 Å². The van der Waals surface area contributed by atoms with Crippen LogP contribution in [0.5, 0.6) is 11.5 Å². The second kappa shape index (κ2) is 8.09. The van der Waals surface area contributed by atoms with Gasteiger partial charge in [-0.1, -0.05) is 23.7 Å². The number of ether oxygens (including phenoxy) is 2. The van der Waals surface area contributed by atoms with Gasteiger partial charge >= 0.3 is 0 Å². The zero-order chi connectivity index (χ0) is 18.5. The summed E-state index contributed by atoms with van der Waals surface area (Å²) in [5, 5.41) is 15.1. The molecule has 27 heavy (non-hydrogen) atoms. The number of aromatic nitrogens is 3. The van der Waals surface area contributed by atoms with Crippen molar-refractivity contribution in [2.75, 3.05) is 30.4 Å². The van der Waals surface area contributed by atoms with Gasteiger partial charge in [0, 0.05) is 23.3 Å². The smallest absolute Gasteiger partial charge is 0.244 e. The number of hydrogen-bond donors (Lipinski definition) is 2. The first-order valence-electron chi connectivity index (χ1n) is 8.61. The quantitative estimate of drug-likeness (QED) is 0.671. The minimum atomic E-state index is 0.458. The third-order valence-corrected chi connectivity index (χ3v) is 4.19. The van der Waals surface area contributed by atoms with Gasteiger partial charge in [0.1, 0.15) is 13.2 Å². The molecule has 0 saturated carbocycles. The van der Waals surface area contributed by atoms with E-state index in [9.17, 15) is 0 Å². The van der Waals surface area contributed by atoms with Gasteiger partial charge in [-0.2, -0.15) is 10.1 Å². The van der Waals surface area contributed by atoms with Crippen LogP contribution in [0.15, 0.2) is 48.7 Å². The van der Waals surface area contributed by atoms with Crippen LogP contribution >= 0.6 is 11.6 Å². The summed E-state index contributed by atoms with van der Waals surface area (Å²) in [6.45, 7) is 1.79. The summed E-state index contributed by atoms with van der Waals surface area (Å²) in [5.74, 6) is 2.51. The van der Waals surface area contributed by atoms with Crippen LogP contribution in [0.1, 0.15) is 5.56 Å². The molecule has 2 heterocycles. The molecule has 0 amide bonds. The van der Waals surface area contributed by atoms with Crippen molar-refractivity contribution in [1.29, 1.82) is 0 Å². The summed E-state index contributed by atoms with van der Waals surface area (Å²) in [7, 11) is 0. The molecule has 8 heteroatoms. The molecule has 1 aliphatic heterocycles. The van der Waals surface area contributed by atoms with E-state index in [1.807, 2.05) is 42.5 Å². The Labute approximate surface area is 161 Å². The van der Waals surface area contributed by atoms with E-state index >= 15 is 0 Å². The van der Waals surface area contributed by atoms with Crippen LogP contribution in [0.4, 0.5) is 17.5 Å². The van der Waals surface area contributed by atoms with Crippen molar-refractivity contribution < 1.29 is 9.47 Å². The van der Waals surface area contributed by atoms with Crippen molar-refractivity contribution in [2.24, 2.45) is 0 Å². The number of hydrogen-bond acceptors (Lipinski definition) is 7. The van der Waals surface area contributed by atoms with Gasteiger partial charge in [-0.15, -0.1) is 5.10 Å². The van der Waals surface area contributed by atoms with Gasteiger partial charge < -0.3 is 20.1 Å². The lowest BCUT2D eigenvalue weighted by atomic mass is 10.1. The predicted octanol–water partition coefficient (Wildman–Crippen LogP) is 3.69. The molecule has 1 aliphatic rings. The number of benzene rings is 2. The lowest BCUT2D eigenvalue weighted by Crippen LogP contribution is -2.15. The maximum absolute atomic E-state index is 6.00. The van der Waals surface area contributed by atoms with E-state index in [1.165, 1.54) is 0 Å². The molecule has 0 aliphatic carbocycles. The molecule has 0 spiro atoms. The van der Waals surface area contributed by atoms with Gasteiger partial charge in [0.2, 0.25) is 5.95 Å². The van der Waals surface area contributed by atoms with Crippen molar-refractivity contribution in [2.45, 2.75) is 6.42 Å². The van der Waals surface area contributed by atoms with Crippen LogP contribution in [0.2, 0.25) is 5.02 Å². The lowest BCUT2D eigenvalue weighted by molar-refractivity contribution is 0.171. The molecule has 3 aromatic rings. The largest absolute Gasteiger partial charge is 0.486 e. The lowest BCUT2D eigenvalue weighted by Gasteiger charge is -2.19. The van der Waals surface area contributed by atoms with E-state index in [0.717, 1.165) is 28.4 Å². The topological polar surface area (TPSA) is 81.2 Å². The van der Waals surface area contributed by atoms with Crippen molar-refractivity contribution in [3.63, 3.8) is 0 Å². The molecule has 0 unspecified atom stereocenters. The average molecular weight is 384 g/mol. The van der Waals surface area contributed by atoms with Crippen LogP contribution in [0.25, 0.3) is 0 Å². The Morgan fingerprint density at radius 3 is 2.81 bits per heavy atom. The summed E-state index contributed by atoms with van der Waals surface area (Å²) in [6, 6.07) is 13.4. The molecule has 0 saturated heterocycles. The molecule has 138 valence electrons. The normalized spacial score (nSPS) is 12.5. The van der Waals surface area contributed by atoms with Crippen molar-refractivity contribution >= 4 is 29.1 Å². The van der Waals surface area contributed by atoms with Gasteiger partial charge in [-0.05, 0) is 36.2 Å². The summed E-state index contributed by atoms with van der Waals surface area (Å²) in [4.78, 5) is 4.43. The number of nitrogens with one attached hydrogen (secondary N) is 2. The molecule has 7 nitrogen and oxygen atoms in total. The Balaban J connectivity index is 1.37. The fourth-order valence-electron chi connectivity index (χ4n) is 2.72. The van der Waals surface area contributed by atoms with Crippen molar-refractivity contribution in [1.82, 2.24) is 15.2 Å². The fraction of sp³-hybridized carbons (Fsp3) is 0.211. The molecule has 4 rings (SSSR count). The van der Waals surface area contributed by atoms with Crippen molar-refractivity contribution in [3.8, 4) is 11.5 Å². The highest BCUT2D eigenvalue weighted by molar-refractivity contribution is 6.30. The highest BCUT2D eigenvalue weighted by Crippen LogP contribution is 2.33. The Morgan fingerprint density at radius 2 is 1.93 bits per heavy atom. The Morgan fingerprint density at radius 1 is 1.04 bits per heavy atom. The SMILES string of the molecule is Clc1cccc(CCNc2nncc(Nc3ccc4c(c3)OCCO4)n2)c1. The Kier molecular flexibility index (Phi) is 5.20. The molecule has 2 aromatic carbocycles. The van der Waals surface area contributed by atoms with Crippen LogP contribution in [0, 0.1) is 0 Å². The number of halogens is 1. The van der Waals surface area contributed by atoms with E-state index in [-0.39, 0.29) is 0 Å². The summed E-state index contributed by atoms with van der Waals surface area (Å²) in [6.07, 6.45) is 2.38. The van der Waals surface area contributed by atoms with Gasteiger partial charge in [0.25, 0.3) is 0 Å². The summed E-state index contributed by atoms with van der Waals surface area (Å²) in [5.41, 5.74) is 1.98. The van der Waals surface area contributed by atoms with Crippen LogP contribution in [0.3, 0.4) is 0 Å². The summed E-state index contributed by atoms with van der Waals surface area (Å²) >= 11 is 6.00. The number of anilines is 3. The molecule has 0 radical (unpaired) electrons. The third-order valence-electron chi connectivity index (χ3n) is 3.96. The standard InChI is InChI=1S/C19H18ClN5O2/c20-14-3-1-2-13(10-14)6-7-21-19-24-18(12-22-25-19)23-15-4-5-16-17(11-15)27-9-8-26-16/h1-5,10-12H,6-9H2,(H2,21,23,24,25). The molecule has 1 aromatic heterocycles. The highest BCUT2D eigenvalue weighted by Gasteiger charge is 2.12. The average Bonchev–Trinajstić information content (AvgIpc) is 2.68. The van der Waals surface area contributed by atoms with Crippen LogP contribution in [-0.2, 0) is 6.42 Å². The first kappa shape index (κ1) is 17.4. The third kappa shape index (κ3) is 4.57. The van der Waals surface area contributed by atoms with Crippen LogP contribution < -0.4 is 20.1 Å². The number of fused-ring (bicyclic) bond motifs is 1. The van der Waals surface area contributed by atoms with Gasteiger partial charge in [-0.3, -0.25) is 0 Å². The maximum Gasteiger partial charge on any atom is 0.244 e. The first-order valence-corrected chi connectivity index (χ1v) is 8.99. The van der Waals surface area contributed by atoms with Gasteiger partial charge in [0.15, 0.2) is 17.3 Å². The summed E-state index contributed by atoms with van der Waals surface area (Å²) < 4.78 is 11.1. The molecule has 0 fully saturated rings. The number of nitrogens with zero attached hydrogens (tertiary/aromatic N) is 3.